The van der Waals surface area contributed by atoms with Gasteiger partial charge in [-0.25, -0.2) is 0 Å². The Kier molecular flexibility index (Phi) is 11.9. The second kappa shape index (κ2) is 10.5. The van der Waals surface area contributed by atoms with Crippen LogP contribution in [0.3, 0.4) is 0 Å². The molecule has 0 radical (unpaired) electrons. The highest BCUT2D eigenvalue weighted by molar-refractivity contribution is 5.62. The van der Waals surface area contributed by atoms with Crippen molar-refractivity contribution >= 4 is 5.97 Å². The van der Waals surface area contributed by atoms with Crippen molar-refractivity contribution in [2.45, 2.75) is 6.92 Å². The fraction of sp³-hybridized carbons (Fsp3) is 0.125. The van der Waals surface area contributed by atoms with E-state index < -0.39 is 5.97 Å². The summed E-state index contributed by atoms with van der Waals surface area (Å²) in [5.41, 5.74) is 5.04. The minimum Gasteiger partial charge on any atom is -0.481 e. The first-order valence-electron chi connectivity index (χ1n) is 2.56. The second-order valence-electron chi connectivity index (χ2n) is 1.24. The van der Waals surface area contributed by atoms with Crippen molar-refractivity contribution in [3.63, 3.8) is 0 Å². The van der Waals surface area contributed by atoms with E-state index in [0.29, 0.717) is 0 Å². The van der Waals surface area contributed by atoms with Crippen LogP contribution in [0.25, 0.3) is 0 Å². The minimum absolute atomic E-state index is 0.833. The van der Waals surface area contributed by atoms with Gasteiger partial charge in [0.1, 0.15) is 0 Å². The van der Waals surface area contributed by atoms with E-state index in [4.69, 9.17) is 9.90 Å². The molecule has 0 unspecified atom stereocenters. The van der Waals surface area contributed by atoms with Gasteiger partial charge in [-0.3, -0.25) is 4.79 Å². The Bertz CT molecular complexity index is 175. The zero-order valence-corrected chi connectivity index (χ0v) is 5.92. The third-order valence-electron chi connectivity index (χ3n) is 0.303. The van der Waals surface area contributed by atoms with Gasteiger partial charge < -0.3 is 5.11 Å². The summed E-state index contributed by atoms with van der Waals surface area (Å²) in [5.74, 6) is -0.833. The summed E-state index contributed by atoms with van der Waals surface area (Å²) < 4.78 is 0. The van der Waals surface area contributed by atoms with E-state index in [9.17, 15) is 0 Å². The predicted molar refractivity (Wildman–Crippen MR) is 40.7 cm³/mol. The summed E-state index contributed by atoms with van der Waals surface area (Å²) in [6, 6.07) is 0. The number of carboxylic acids is 1. The van der Waals surface area contributed by atoms with Gasteiger partial charge >= 0.3 is 0 Å². The molecule has 0 rings (SSSR count). The molecule has 54 valence electrons. The van der Waals surface area contributed by atoms with Crippen LogP contribution in [0, 0.1) is 0 Å². The Balaban J connectivity index is 0. The number of hydrogen-bond acceptors (Lipinski definition) is 1. The van der Waals surface area contributed by atoms with E-state index >= 15 is 0 Å². The van der Waals surface area contributed by atoms with Crippen molar-refractivity contribution in [2.24, 2.45) is 0 Å². The molecular weight excluding hydrogens is 128 g/mol. The maximum Gasteiger partial charge on any atom is 0.300 e. The van der Waals surface area contributed by atoms with E-state index in [1.165, 1.54) is 0 Å². The normalized spacial score (nSPS) is 5.30. The predicted octanol–water partition coefficient (Wildman–Crippen LogP) is 1.76. The van der Waals surface area contributed by atoms with Crippen LogP contribution in [0.1, 0.15) is 6.92 Å². The highest BCUT2D eigenvalue weighted by Gasteiger charge is 1.65. The molecule has 0 saturated heterocycles. The molecule has 0 saturated carbocycles. The molecule has 0 heterocycles. The molecule has 2 nitrogen and oxygen atoms in total. The number of hydrogen-bond donors (Lipinski definition) is 1. The second-order valence-corrected chi connectivity index (χ2v) is 1.24. The zero-order chi connectivity index (χ0) is 8.41. The average Bonchev–Trinajstić information content (AvgIpc) is 1.82. The fourth-order valence-electron chi connectivity index (χ4n) is 0.118. The summed E-state index contributed by atoms with van der Waals surface area (Å²) in [6.07, 6.45) is 3.27. The molecule has 0 fully saturated rings. The van der Waals surface area contributed by atoms with Gasteiger partial charge in [0.25, 0.3) is 5.97 Å². The molecule has 0 atom stereocenters. The third kappa shape index (κ3) is 86.7. The number of rotatable bonds is 1. The van der Waals surface area contributed by atoms with Gasteiger partial charge in [-0.15, -0.1) is 0 Å². The SMILES string of the molecule is C=C=C=CC=C.CC(=O)O. The molecule has 0 bridgehead atoms. The Morgan fingerprint density at radius 1 is 1.70 bits per heavy atom. The molecule has 0 aliphatic carbocycles. The molecule has 0 aliphatic rings. The van der Waals surface area contributed by atoms with Crippen molar-refractivity contribution in [2.75, 3.05) is 0 Å². The first kappa shape index (κ1) is 11.3. The van der Waals surface area contributed by atoms with E-state index in [0.717, 1.165) is 6.92 Å². The van der Waals surface area contributed by atoms with E-state index in [2.05, 4.69) is 24.6 Å². The van der Waals surface area contributed by atoms with Gasteiger partial charge in [-0.05, 0) is 12.7 Å². The van der Waals surface area contributed by atoms with Crippen molar-refractivity contribution in [3.8, 4) is 0 Å². The Morgan fingerprint density at radius 2 is 2.10 bits per heavy atom. The van der Waals surface area contributed by atoms with Gasteiger partial charge in [0.2, 0.25) is 0 Å². The lowest BCUT2D eigenvalue weighted by Gasteiger charge is -1.59. The van der Waals surface area contributed by atoms with Gasteiger partial charge in [0.05, 0.1) is 0 Å². The smallest absolute Gasteiger partial charge is 0.300 e. The van der Waals surface area contributed by atoms with Gasteiger partial charge in [0, 0.05) is 6.92 Å². The molecule has 0 aromatic rings. The third-order valence-corrected chi connectivity index (χ3v) is 0.303. The number of aliphatic carboxylic acids is 1. The molecule has 0 aromatic heterocycles. The zero-order valence-electron chi connectivity index (χ0n) is 5.92. The molecule has 0 aliphatic heterocycles. The van der Waals surface area contributed by atoms with E-state index in [-0.39, 0.29) is 0 Å². The standard InChI is InChI=1S/C6H6.C2H4O2/c1-3-5-6-4-2;1-2(3)4/h3,5H,1-2H2;1H3,(H,3,4). The summed E-state index contributed by atoms with van der Waals surface area (Å²) >= 11 is 0. The number of carbonyl (C=O) groups is 1. The Labute approximate surface area is 60.5 Å². The molecular formula is C8H10O2. The molecule has 0 aromatic carbocycles. The van der Waals surface area contributed by atoms with Crippen LogP contribution < -0.4 is 0 Å². The minimum atomic E-state index is -0.833. The number of allylic oxidation sites excluding steroid dienone is 2. The van der Waals surface area contributed by atoms with Gasteiger partial charge in [-0.1, -0.05) is 24.1 Å². The maximum absolute atomic E-state index is 9.00. The monoisotopic (exact) mass is 138 g/mol. The maximum atomic E-state index is 9.00. The highest BCUT2D eigenvalue weighted by atomic mass is 16.4. The Morgan fingerprint density at radius 3 is 2.20 bits per heavy atom. The molecule has 0 spiro atoms. The van der Waals surface area contributed by atoms with Crippen LogP contribution in [0.5, 0.6) is 0 Å². The van der Waals surface area contributed by atoms with Crippen molar-refractivity contribution in [1.29, 1.82) is 0 Å². The van der Waals surface area contributed by atoms with Crippen LogP contribution in [-0.4, -0.2) is 11.1 Å². The van der Waals surface area contributed by atoms with Gasteiger partial charge in [0.15, 0.2) is 0 Å². The van der Waals surface area contributed by atoms with Crippen molar-refractivity contribution in [1.82, 2.24) is 0 Å². The molecule has 2 heteroatoms. The molecule has 0 amide bonds. The first-order valence-corrected chi connectivity index (χ1v) is 2.56. The first-order chi connectivity index (χ1) is 4.65. The Hall–Kier alpha value is -1.49. The van der Waals surface area contributed by atoms with Crippen LogP contribution >= 0.6 is 0 Å². The molecule has 1 N–H and O–H groups in total. The molecule has 10 heavy (non-hydrogen) atoms. The quantitative estimate of drug-likeness (QED) is 0.442. The average molecular weight is 138 g/mol. The lowest BCUT2D eigenvalue weighted by Crippen LogP contribution is -1.78. The van der Waals surface area contributed by atoms with Gasteiger partial charge in [-0.2, -0.15) is 0 Å². The lowest BCUT2D eigenvalue weighted by molar-refractivity contribution is -0.134. The summed E-state index contributed by atoms with van der Waals surface area (Å²) in [7, 11) is 0. The summed E-state index contributed by atoms with van der Waals surface area (Å²) in [5, 5.41) is 7.42. The highest BCUT2D eigenvalue weighted by Crippen LogP contribution is 1.59. The largest absolute Gasteiger partial charge is 0.481 e. The van der Waals surface area contributed by atoms with E-state index in [1.54, 1.807) is 12.2 Å². The topological polar surface area (TPSA) is 37.3 Å². The van der Waals surface area contributed by atoms with E-state index in [1.807, 2.05) is 0 Å². The fourth-order valence-corrected chi connectivity index (χ4v) is 0.118. The van der Waals surface area contributed by atoms with Crippen LogP contribution in [0.15, 0.2) is 36.8 Å². The summed E-state index contributed by atoms with van der Waals surface area (Å²) in [6.45, 7) is 7.78. The lowest BCUT2D eigenvalue weighted by atomic mass is 10.6. The van der Waals surface area contributed by atoms with Crippen LogP contribution in [0.2, 0.25) is 0 Å². The number of carboxylic acid groups (broad SMARTS) is 1. The summed E-state index contributed by atoms with van der Waals surface area (Å²) in [4.78, 5) is 9.00. The van der Waals surface area contributed by atoms with Crippen molar-refractivity contribution < 1.29 is 9.90 Å². The van der Waals surface area contributed by atoms with Crippen LogP contribution in [0.4, 0.5) is 0 Å². The van der Waals surface area contributed by atoms with Crippen molar-refractivity contribution in [3.05, 3.63) is 36.8 Å². The van der Waals surface area contributed by atoms with Crippen LogP contribution in [-0.2, 0) is 4.79 Å².